The van der Waals surface area contributed by atoms with Gasteiger partial charge in [0.25, 0.3) is 0 Å². The van der Waals surface area contributed by atoms with E-state index >= 15 is 0 Å². The highest BCUT2D eigenvalue weighted by Crippen LogP contribution is 2.32. The van der Waals surface area contributed by atoms with Crippen molar-refractivity contribution in [1.82, 2.24) is 5.32 Å². The first-order valence-corrected chi connectivity index (χ1v) is 6.17. The average Bonchev–Trinajstić information content (AvgIpc) is 2.15. The van der Waals surface area contributed by atoms with Crippen LogP contribution in [-0.4, -0.2) is 13.1 Å². The molecule has 2 atom stereocenters. The summed E-state index contributed by atoms with van der Waals surface area (Å²) >= 11 is 0. The van der Waals surface area contributed by atoms with Gasteiger partial charge in [-0.05, 0) is 30.2 Å². The van der Waals surface area contributed by atoms with E-state index in [1.807, 2.05) is 0 Å². The lowest BCUT2D eigenvalue weighted by Gasteiger charge is -2.35. The molecule has 0 aromatic heterocycles. The van der Waals surface area contributed by atoms with Crippen molar-refractivity contribution in [3.05, 3.63) is 0 Å². The van der Waals surface area contributed by atoms with Gasteiger partial charge in [0.15, 0.2) is 0 Å². The molecular formula is C13H29N. The highest BCUT2D eigenvalue weighted by atomic mass is 14.9. The molecule has 0 aromatic carbocycles. The molecule has 1 heteroatoms. The molecule has 14 heavy (non-hydrogen) atoms. The van der Waals surface area contributed by atoms with Gasteiger partial charge in [0.1, 0.15) is 0 Å². The Kier molecular flexibility index (Phi) is 6.43. The van der Waals surface area contributed by atoms with Crippen LogP contribution in [0.4, 0.5) is 0 Å². The van der Waals surface area contributed by atoms with Crippen molar-refractivity contribution in [1.29, 1.82) is 0 Å². The van der Waals surface area contributed by atoms with Crippen molar-refractivity contribution < 1.29 is 0 Å². The van der Waals surface area contributed by atoms with Crippen molar-refractivity contribution in [2.24, 2.45) is 17.3 Å². The van der Waals surface area contributed by atoms with Crippen LogP contribution in [0.1, 0.15) is 54.4 Å². The molecule has 0 aliphatic carbocycles. The Morgan fingerprint density at radius 1 is 1.14 bits per heavy atom. The van der Waals surface area contributed by atoms with Crippen LogP contribution in [0.15, 0.2) is 0 Å². The Morgan fingerprint density at radius 2 is 1.71 bits per heavy atom. The number of hydrogen-bond acceptors (Lipinski definition) is 1. The maximum atomic E-state index is 3.59. The SMILES string of the molecule is CCC(C)C(C)(CC)CNCC(C)C. The first kappa shape index (κ1) is 14.0. The monoisotopic (exact) mass is 199 g/mol. The van der Waals surface area contributed by atoms with Gasteiger partial charge >= 0.3 is 0 Å². The zero-order valence-corrected chi connectivity index (χ0v) is 11.0. The van der Waals surface area contributed by atoms with E-state index in [-0.39, 0.29) is 0 Å². The fraction of sp³-hybridized carbons (Fsp3) is 1.00. The fourth-order valence-electron chi connectivity index (χ4n) is 1.79. The van der Waals surface area contributed by atoms with Gasteiger partial charge in [-0.3, -0.25) is 0 Å². The Labute approximate surface area is 90.7 Å². The standard InChI is InChI=1S/C13H29N/c1-7-12(5)13(6,8-2)10-14-9-11(3)4/h11-12,14H,7-10H2,1-6H3. The summed E-state index contributed by atoms with van der Waals surface area (Å²) < 4.78 is 0. The van der Waals surface area contributed by atoms with Crippen LogP contribution in [0.3, 0.4) is 0 Å². The molecule has 0 fully saturated rings. The second kappa shape index (κ2) is 6.44. The van der Waals surface area contributed by atoms with E-state index in [1.165, 1.54) is 12.8 Å². The minimum atomic E-state index is 0.476. The smallest absolute Gasteiger partial charge is 0.000772 e. The maximum Gasteiger partial charge on any atom is 0.000772 e. The van der Waals surface area contributed by atoms with Crippen molar-refractivity contribution >= 4 is 0 Å². The number of rotatable bonds is 7. The van der Waals surface area contributed by atoms with Crippen molar-refractivity contribution in [3.63, 3.8) is 0 Å². The molecule has 0 rings (SSSR count). The molecule has 1 N–H and O–H groups in total. The van der Waals surface area contributed by atoms with E-state index in [2.05, 4.69) is 46.9 Å². The van der Waals surface area contributed by atoms with Crippen molar-refractivity contribution in [2.45, 2.75) is 54.4 Å². The molecule has 0 aromatic rings. The minimum Gasteiger partial charge on any atom is -0.316 e. The van der Waals surface area contributed by atoms with E-state index < -0.39 is 0 Å². The van der Waals surface area contributed by atoms with E-state index in [4.69, 9.17) is 0 Å². The predicted octanol–water partition coefficient (Wildman–Crippen LogP) is 3.69. The molecular weight excluding hydrogens is 170 g/mol. The molecule has 0 saturated heterocycles. The van der Waals surface area contributed by atoms with Gasteiger partial charge in [0, 0.05) is 6.54 Å². The third kappa shape index (κ3) is 4.45. The van der Waals surface area contributed by atoms with Crippen LogP contribution in [0, 0.1) is 17.3 Å². The summed E-state index contributed by atoms with van der Waals surface area (Å²) in [4.78, 5) is 0. The summed E-state index contributed by atoms with van der Waals surface area (Å²) in [6.45, 7) is 16.2. The first-order chi connectivity index (χ1) is 6.46. The molecule has 0 radical (unpaired) electrons. The van der Waals surface area contributed by atoms with Gasteiger partial charge in [-0.1, -0.05) is 48.0 Å². The highest BCUT2D eigenvalue weighted by molar-refractivity contribution is 4.80. The summed E-state index contributed by atoms with van der Waals surface area (Å²) in [5.41, 5.74) is 0.476. The van der Waals surface area contributed by atoms with Crippen LogP contribution in [0.2, 0.25) is 0 Å². The summed E-state index contributed by atoms with van der Waals surface area (Å²) in [5.74, 6) is 1.57. The summed E-state index contributed by atoms with van der Waals surface area (Å²) in [6.07, 6.45) is 2.56. The van der Waals surface area contributed by atoms with Gasteiger partial charge < -0.3 is 5.32 Å². The molecule has 0 bridgehead atoms. The number of nitrogens with one attached hydrogen (secondary N) is 1. The second-order valence-electron chi connectivity index (χ2n) is 5.34. The lowest BCUT2D eigenvalue weighted by atomic mass is 9.74. The molecule has 0 aliphatic rings. The van der Waals surface area contributed by atoms with Gasteiger partial charge in [-0.25, -0.2) is 0 Å². The molecule has 1 nitrogen and oxygen atoms in total. The van der Waals surface area contributed by atoms with Gasteiger partial charge in [-0.15, -0.1) is 0 Å². The average molecular weight is 199 g/mol. The Bertz CT molecular complexity index is 142. The molecule has 0 spiro atoms. The lowest BCUT2D eigenvalue weighted by molar-refractivity contribution is 0.178. The molecule has 0 amide bonds. The highest BCUT2D eigenvalue weighted by Gasteiger charge is 2.27. The maximum absolute atomic E-state index is 3.59. The van der Waals surface area contributed by atoms with E-state index in [0.29, 0.717) is 5.41 Å². The van der Waals surface area contributed by atoms with E-state index in [1.54, 1.807) is 0 Å². The summed E-state index contributed by atoms with van der Waals surface area (Å²) in [5, 5.41) is 3.59. The normalized spacial score (nSPS) is 18.2. The molecule has 2 unspecified atom stereocenters. The van der Waals surface area contributed by atoms with Crippen LogP contribution in [-0.2, 0) is 0 Å². The van der Waals surface area contributed by atoms with Crippen LogP contribution in [0.5, 0.6) is 0 Å². The number of hydrogen-bond donors (Lipinski definition) is 1. The van der Waals surface area contributed by atoms with Crippen LogP contribution < -0.4 is 5.32 Å². The summed E-state index contributed by atoms with van der Waals surface area (Å²) in [6, 6.07) is 0. The molecule has 0 saturated carbocycles. The minimum absolute atomic E-state index is 0.476. The lowest BCUT2D eigenvalue weighted by Crippen LogP contribution is -2.37. The Hall–Kier alpha value is -0.0400. The van der Waals surface area contributed by atoms with Crippen molar-refractivity contribution in [3.8, 4) is 0 Å². The third-order valence-electron chi connectivity index (χ3n) is 3.69. The first-order valence-electron chi connectivity index (χ1n) is 6.17. The molecule has 0 aliphatic heterocycles. The zero-order valence-electron chi connectivity index (χ0n) is 11.0. The quantitative estimate of drug-likeness (QED) is 0.659. The second-order valence-corrected chi connectivity index (χ2v) is 5.34. The Balaban J connectivity index is 3.99. The van der Waals surface area contributed by atoms with Gasteiger partial charge in [0.2, 0.25) is 0 Å². The topological polar surface area (TPSA) is 12.0 Å². The van der Waals surface area contributed by atoms with Crippen LogP contribution in [0.25, 0.3) is 0 Å². The Morgan fingerprint density at radius 3 is 2.07 bits per heavy atom. The van der Waals surface area contributed by atoms with Gasteiger partial charge in [-0.2, -0.15) is 0 Å². The van der Waals surface area contributed by atoms with Crippen molar-refractivity contribution in [2.75, 3.05) is 13.1 Å². The van der Waals surface area contributed by atoms with E-state index in [0.717, 1.165) is 24.9 Å². The third-order valence-corrected chi connectivity index (χ3v) is 3.69. The van der Waals surface area contributed by atoms with Gasteiger partial charge in [0.05, 0.1) is 0 Å². The molecule has 86 valence electrons. The summed E-state index contributed by atoms with van der Waals surface area (Å²) in [7, 11) is 0. The van der Waals surface area contributed by atoms with Crippen LogP contribution >= 0.6 is 0 Å². The molecule has 0 heterocycles. The predicted molar refractivity (Wildman–Crippen MR) is 65.6 cm³/mol. The zero-order chi connectivity index (χ0) is 11.2. The largest absolute Gasteiger partial charge is 0.316 e. The van der Waals surface area contributed by atoms with E-state index in [9.17, 15) is 0 Å². The fourth-order valence-corrected chi connectivity index (χ4v) is 1.79.